The molecule has 0 saturated carbocycles. The van der Waals surface area contributed by atoms with E-state index in [9.17, 15) is 13.2 Å². The summed E-state index contributed by atoms with van der Waals surface area (Å²) in [5, 5.41) is 3.97. The Balaban J connectivity index is 1.51. The second-order valence-corrected chi connectivity index (χ2v) is 10.1. The van der Waals surface area contributed by atoms with Gasteiger partial charge in [0.2, 0.25) is 5.91 Å². The van der Waals surface area contributed by atoms with Crippen molar-refractivity contribution in [2.24, 2.45) is 0 Å². The lowest BCUT2D eigenvalue weighted by molar-refractivity contribution is -0.121. The average Bonchev–Trinajstić information content (AvgIpc) is 2.70. The van der Waals surface area contributed by atoms with Crippen LogP contribution in [0.1, 0.15) is 11.1 Å². The molecule has 3 rings (SSSR count). The van der Waals surface area contributed by atoms with Gasteiger partial charge in [-0.15, -0.1) is 0 Å². The molecule has 1 atom stereocenters. The second-order valence-electron chi connectivity index (χ2n) is 7.34. The van der Waals surface area contributed by atoms with Crippen molar-refractivity contribution in [3.8, 4) is 0 Å². The van der Waals surface area contributed by atoms with Gasteiger partial charge in [0.15, 0.2) is 9.84 Å². The van der Waals surface area contributed by atoms with Gasteiger partial charge >= 0.3 is 0 Å². The summed E-state index contributed by atoms with van der Waals surface area (Å²) in [5.41, 5.74) is 1.61. The number of rotatable bonds is 7. The average molecular weight is 471 g/mol. The summed E-state index contributed by atoms with van der Waals surface area (Å²) in [4.78, 5) is 14.7. The summed E-state index contributed by atoms with van der Waals surface area (Å²) in [7, 11) is -3.30. The zero-order chi connectivity index (χ0) is 21.7. The number of carbonyl (C=O) groups is 1. The number of halogens is 2. The molecule has 0 aliphatic carbocycles. The van der Waals surface area contributed by atoms with E-state index in [2.05, 4.69) is 10.2 Å². The van der Waals surface area contributed by atoms with Crippen LogP contribution >= 0.6 is 23.2 Å². The summed E-state index contributed by atoms with van der Waals surface area (Å²) >= 11 is 12.4. The van der Waals surface area contributed by atoms with E-state index < -0.39 is 9.84 Å². The Kier molecular flexibility index (Phi) is 7.76. The Morgan fingerprint density at radius 2 is 2.00 bits per heavy atom. The number of benzene rings is 2. The SMILES string of the molecule is CS(=O)(=O)c1cccc(CC(=O)NCC2CN(Cc3cccc(Cl)c3Cl)CCO2)c1. The van der Waals surface area contributed by atoms with Crippen LogP contribution < -0.4 is 5.32 Å². The Morgan fingerprint density at radius 1 is 1.23 bits per heavy atom. The van der Waals surface area contributed by atoms with Gasteiger partial charge in [-0.3, -0.25) is 9.69 Å². The second kappa shape index (κ2) is 10.1. The Bertz CT molecular complexity index is 1010. The molecule has 0 aromatic heterocycles. The van der Waals surface area contributed by atoms with Crippen molar-refractivity contribution in [2.45, 2.75) is 24.0 Å². The molecular weight excluding hydrogens is 447 g/mol. The summed E-state index contributed by atoms with van der Waals surface area (Å²) in [5.74, 6) is -0.181. The molecule has 2 aromatic rings. The highest BCUT2D eigenvalue weighted by Crippen LogP contribution is 2.27. The molecule has 162 valence electrons. The lowest BCUT2D eigenvalue weighted by Gasteiger charge is -2.33. The first-order chi connectivity index (χ1) is 14.2. The van der Waals surface area contributed by atoms with Crippen LogP contribution in [0.4, 0.5) is 0 Å². The standard InChI is InChI=1S/C21H24Cl2N2O4S/c1-30(27,28)18-6-2-4-15(10-18)11-20(26)24-12-17-14-25(8-9-29-17)13-16-5-3-7-19(22)21(16)23/h2-7,10,17H,8-9,11-14H2,1H3,(H,24,26). The van der Waals surface area contributed by atoms with Gasteiger partial charge in [-0.05, 0) is 29.3 Å². The molecule has 0 bridgehead atoms. The molecule has 1 unspecified atom stereocenters. The van der Waals surface area contributed by atoms with Gasteiger partial charge in [0.05, 0.1) is 34.1 Å². The van der Waals surface area contributed by atoms with Crippen molar-refractivity contribution < 1.29 is 17.9 Å². The molecule has 9 heteroatoms. The molecule has 2 aromatic carbocycles. The van der Waals surface area contributed by atoms with Crippen molar-refractivity contribution in [3.63, 3.8) is 0 Å². The molecule has 1 heterocycles. The molecule has 0 spiro atoms. The monoisotopic (exact) mass is 470 g/mol. The van der Waals surface area contributed by atoms with Crippen LogP contribution in [0.25, 0.3) is 0 Å². The predicted molar refractivity (Wildman–Crippen MR) is 118 cm³/mol. The van der Waals surface area contributed by atoms with Crippen molar-refractivity contribution in [3.05, 3.63) is 63.6 Å². The van der Waals surface area contributed by atoms with Crippen molar-refractivity contribution >= 4 is 38.9 Å². The van der Waals surface area contributed by atoms with Crippen molar-refractivity contribution in [2.75, 3.05) is 32.5 Å². The van der Waals surface area contributed by atoms with Gasteiger partial charge in [0.25, 0.3) is 0 Å². The number of amides is 1. The highest BCUT2D eigenvalue weighted by atomic mass is 35.5. The van der Waals surface area contributed by atoms with Crippen molar-refractivity contribution in [1.29, 1.82) is 0 Å². The fourth-order valence-electron chi connectivity index (χ4n) is 3.32. The number of sulfone groups is 1. The molecule has 6 nitrogen and oxygen atoms in total. The maximum Gasteiger partial charge on any atom is 0.224 e. The predicted octanol–water partition coefficient (Wildman–Crippen LogP) is 2.96. The molecule has 1 aliphatic rings. The number of hydrogen-bond donors (Lipinski definition) is 1. The topological polar surface area (TPSA) is 75.7 Å². The highest BCUT2D eigenvalue weighted by Gasteiger charge is 2.22. The van der Waals surface area contributed by atoms with Crippen molar-refractivity contribution in [1.82, 2.24) is 10.2 Å². The summed E-state index contributed by atoms with van der Waals surface area (Å²) in [6, 6.07) is 12.0. The quantitative estimate of drug-likeness (QED) is 0.672. The normalized spacial score (nSPS) is 17.6. The van der Waals surface area contributed by atoms with E-state index in [0.717, 1.165) is 18.4 Å². The smallest absolute Gasteiger partial charge is 0.224 e. The fourth-order valence-corrected chi connectivity index (χ4v) is 4.39. The zero-order valence-corrected chi connectivity index (χ0v) is 18.9. The number of morpholine rings is 1. The summed E-state index contributed by atoms with van der Waals surface area (Å²) < 4.78 is 29.1. The minimum absolute atomic E-state index is 0.109. The van der Waals surface area contributed by atoms with Gasteiger partial charge in [-0.25, -0.2) is 8.42 Å². The molecule has 30 heavy (non-hydrogen) atoms. The highest BCUT2D eigenvalue weighted by molar-refractivity contribution is 7.90. The van der Waals surface area contributed by atoms with E-state index in [1.807, 2.05) is 12.1 Å². The van der Waals surface area contributed by atoms with E-state index >= 15 is 0 Å². The molecule has 1 aliphatic heterocycles. The minimum Gasteiger partial charge on any atom is -0.374 e. The fraction of sp³-hybridized carbons (Fsp3) is 0.381. The molecule has 1 amide bonds. The molecule has 0 radical (unpaired) electrons. The minimum atomic E-state index is -3.30. The molecule has 1 fully saturated rings. The van der Waals surface area contributed by atoms with Crippen LogP contribution in [-0.2, 0) is 32.3 Å². The van der Waals surface area contributed by atoms with E-state index in [0.29, 0.717) is 41.8 Å². The van der Waals surface area contributed by atoms with Crippen LogP contribution in [0.5, 0.6) is 0 Å². The number of carbonyl (C=O) groups excluding carboxylic acids is 1. The first-order valence-electron chi connectivity index (χ1n) is 9.55. The number of hydrogen-bond acceptors (Lipinski definition) is 5. The third-order valence-corrected chi connectivity index (χ3v) is 6.83. The van der Waals surface area contributed by atoms with Crippen LogP contribution in [-0.4, -0.2) is 57.8 Å². The van der Waals surface area contributed by atoms with Gasteiger partial charge in [0.1, 0.15) is 0 Å². The van der Waals surface area contributed by atoms with Crippen LogP contribution in [0.3, 0.4) is 0 Å². The van der Waals surface area contributed by atoms with Crippen LogP contribution in [0.15, 0.2) is 47.4 Å². The largest absolute Gasteiger partial charge is 0.374 e. The van der Waals surface area contributed by atoms with Crippen LogP contribution in [0.2, 0.25) is 10.0 Å². The maximum atomic E-state index is 12.3. The van der Waals surface area contributed by atoms with Crippen LogP contribution in [0, 0.1) is 0 Å². The third-order valence-electron chi connectivity index (χ3n) is 4.87. The Hall–Kier alpha value is -1.64. The van der Waals surface area contributed by atoms with Gasteiger partial charge in [-0.1, -0.05) is 47.5 Å². The Labute approximate surface area is 187 Å². The number of nitrogens with zero attached hydrogens (tertiary/aromatic N) is 1. The molecule has 1 saturated heterocycles. The molecule has 1 N–H and O–H groups in total. The third kappa shape index (κ3) is 6.43. The number of ether oxygens (including phenoxy) is 1. The van der Waals surface area contributed by atoms with E-state index in [4.69, 9.17) is 27.9 Å². The first kappa shape index (κ1) is 23.0. The van der Waals surface area contributed by atoms with E-state index in [1.165, 1.54) is 12.1 Å². The van der Waals surface area contributed by atoms with E-state index in [-0.39, 0.29) is 23.3 Å². The van der Waals surface area contributed by atoms with Gasteiger partial charge < -0.3 is 10.1 Å². The van der Waals surface area contributed by atoms with Gasteiger partial charge in [0, 0.05) is 32.4 Å². The van der Waals surface area contributed by atoms with Gasteiger partial charge in [-0.2, -0.15) is 0 Å². The summed E-state index contributed by atoms with van der Waals surface area (Å²) in [6.07, 6.45) is 1.12. The van der Waals surface area contributed by atoms with E-state index in [1.54, 1.807) is 18.2 Å². The lowest BCUT2D eigenvalue weighted by atomic mass is 10.1. The molecular formula is C21H24Cl2N2O4S. The first-order valence-corrected chi connectivity index (χ1v) is 12.2. The maximum absolute atomic E-state index is 12.3. The Morgan fingerprint density at radius 3 is 2.77 bits per heavy atom. The number of nitrogens with one attached hydrogen (secondary N) is 1. The summed E-state index contributed by atoms with van der Waals surface area (Å²) in [6.45, 7) is 3.03. The lowest BCUT2D eigenvalue weighted by Crippen LogP contribution is -2.47. The zero-order valence-electron chi connectivity index (χ0n) is 16.6.